The molecule has 0 saturated heterocycles. The average Bonchev–Trinajstić information content (AvgIpc) is 2.14. The SMILES string of the molecule is COc1cnc(C(F)(F)F)c[c]1[Sn]([CH3])([CH3])[CH3]. The summed E-state index contributed by atoms with van der Waals surface area (Å²) in [5, 5.41) is 0. The molecule has 1 rings (SSSR count). The van der Waals surface area contributed by atoms with Crippen LogP contribution in [0.3, 0.4) is 0 Å². The number of hydrogen-bond donors (Lipinski definition) is 0. The van der Waals surface area contributed by atoms with Crippen LogP contribution in [0.4, 0.5) is 13.2 Å². The molecule has 16 heavy (non-hydrogen) atoms. The first-order valence-corrected chi connectivity index (χ1v) is 14.8. The molecule has 1 aromatic heterocycles. The van der Waals surface area contributed by atoms with Crippen molar-refractivity contribution in [1.82, 2.24) is 4.98 Å². The molecule has 0 bridgehead atoms. The molecule has 0 fully saturated rings. The first-order valence-electron chi connectivity index (χ1n) is 4.78. The number of methoxy groups -OCH3 is 1. The molecule has 0 radical (unpaired) electrons. The zero-order valence-corrected chi connectivity index (χ0v) is 12.5. The molecule has 0 aliphatic rings. The van der Waals surface area contributed by atoms with Gasteiger partial charge in [-0.15, -0.1) is 0 Å². The fourth-order valence-corrected chi connectivity index (χ4v) is 5.56. The number of hydrogen-bond acceptors (Lipinski definition) is 2. The van der Waals surface area contributed by atoms with Crippen LogP contribution in [-0.4, -0.2) is 30.5 Å². The van der Waals surface area contributed by atoms with Crippen LogP contribution in [0.15, 0.2) is 12.3 Å². The second kappa shape index (κ2) is 4.43. The van der Waals surface area contributed by atoms with Gasteiger partial charge in [-0.25, -0.2) is 0 Å². The van der Waals surface area contributed by atoms with Gasteiger partial charge in [0, 0.05) is 0 Å². The van der Waals surface area contributed by atoms with Gasteiger partial charge >= 0.3 is 96.7 Å². The molecule has 0 saturated carbocycles. The van der Waals surface area contributed by atoms with E-state index >= 15 is 0 Å². The number of halogens is 3. The van der Waals surface area contributed by atoms with Crippen LogP contribution in [0, 0.1) is 0 Å². The van der Waals surface area contributed by atoms with Crippen molar-refractivity contribution in [3.63, 3.8) is 0 Å². The predicted octanol–water partition coefficient (Wildman–Crippen LogP) is 2.65. The third kappa shape index (κ3) is 3.02. The molecule has 90 valence electrons. The zero-order chi connectivity index (χ0) is 12.6. The summed E-state index contributed by atoms with van der Waals surface area (Å²) in [5.74, 6) is 0.469. The predicted molar refractivity (Wildman–Crippen MR) is 58.8 cm³/mol. The van der Waals surface area contributed by atoms with Crippen LogP contribution in [0.25, 0.3) is 0 Å². The molecule has 6 heteroatoms. The van der Waals surface area contributed by atoms with Crippen molar-refractivity contribution in [3.8, 4) is 5.75 Å². The molecule has 0 aliphatic carbocycles. The molecule has 0 spiro atoms. The Bertz CT molecular complexity index is 385. The van der Waals surface area contributed by atoms with E-state index in [4.69, 9.17) is 4.74 Å². The van der Waals surface area contributed by atoms with Crippen molar-refractivity contribution in [2.45, 2.75) is 21.0 Å². The molecule has 0 aromatic carbocycles. The number of aromatic nitrogens is 1. The second-order valence-corrected chi connectivity index (χ2v) is 18.9. The molecular weight excluding hydrogens is 326 g/mol. The van der Waals surface area contributed by atoms with Gasteiger partial charge in [-0.1, -0.05) is 0 Å². The van der Waals surface area contributed by atoms with Crippen molar-refractivity contribution in [2.75, 3.05) is 7.11 Å². The minimum atomic E-state index is -4.39. The minimum absolute atomic E-state index is 0.469. The summed E-state index contributed by atoms with van der Waals surface area (Å²) in [4.78, 5) is 9.48. The Morgan fingerprint density at radius 1 is 1.25 bits per heavy atom. The van der Waals surface area contributed by atoms with Crippen LogP contribution in [0.2, 0.25) is 14.8 Å². The molecule has 0 unspecified atom stereocenters. The van der Waals surface area contributed by atoms with Crippen LogP contribution < -0.4 is 8.32 Å². The Morgan fingerprint density at radius 3 is 2.19 bits per heavy atom. The molecule has 0 amide bonds. The van der Waals surface area contributed by atoms with Gasteiger partial charge in [-0.05, 0) is 0 Å². The van der Waals surface area contributed by atoms with Crippen LogP contribution >= 0.6 is 0 Å². The van der Waals surface area contributed by atoms with Gasteiger partial charge in [0.15, 0.2) is 0 Å². The van der Waals surface area contributed by atoms with E-state index in [1.54, 1.807) is 0 Å². The van der Waals surface area contributed by atoms with Crippen LogP contribution in [0.1, 0.15) is 5.69 Å². The standard InChI is InChI=1S/C7H5F3NO.3CH3.Sn/c1-12-5-2-3-6(11-4-5)7(8,9)10;;;;/h3-4H,1H3;3*1H3;. The van der Waals surface area contributed by atoms with E-state index in [0.717, 1.165) is 6.07 Å². The average molecular weight is 340 g/mol. The Morgan fingerprint density at radius 2 is 1.81 bits per heavy atom. The Hall–Kier alpha value is -0.461. The van der Waals surface area contributed by atoms with Gasteiger partial charge in [0.05, 0.1) is 0 Å². The molecule has 0 aliphatic heterocycles. The quantitative estimate of drug-likeness (QED) is 0.773. The summed E-state index contributed by atoms with van der Waals surface area (Å²) in [6.45, 7) is 0. The number of rotatable bonds is 2. The Balaban J connectivity index is 3.34. The van der Waals surface area contributed by atoms with Gasteiger partial charge in [-0.3, -0.25) is 0 Å². The second-order valence-electron chi connectivity index (χ2n) is 4.52. The summed E-state index contributed by atoms with van der Waals surface area (Å²) in [7, 11) is 1.45. The van der Waals surface area contributed by atoms with E-state index in [2.05, 4.69) is 4.98 Å². The van der Waals surface area contributed by atoms with E-state index in [0.29, 0.717) is 9.33 Å². The zero-order valence-electron chi connectivity index (χ0n) is 9.64. The number of alkyl halides is 3. The summed E-state index contributed by atoms with van der Waals surface area (Å²) >= 11 is -2.62. The van der Waals surface area contributed by atoms with Crippen molar-refractivity contribution in [1.29, 1.82) is 0 Å². The Labute approximate surface area is 96.7 Å². The molecule has 0 N–H and O–H groups in total. The van der Waals surface area contributed by atoms with Crippen molar-refractivity contribution in [2.24, 2.45) is 0 Å². The third-order valence-corrected chi connectivity index (χ3v) is 7.91. The summed E-state index contributed by atoms with van der Waals surface area (Å²) in [6, 6.07) is 1.13. The van der Waals surface area contributed by atoms with Gasteiger partial charge in [0.1, 0.15) is 0 Å². The van der Waals surface area contributed by atoms with Gasteiger partial charge < -0.3 is 0 Å². The fourth-order valence-electron chi connectivity index (χ4n) is 1.35. The molecule has 1 aromatic rings. The number of pyridine rings is 1. The van der Waals surface area contributed by atoms with Crippen LogP contribution in [-0.2, 0) is 6.18 Å². The molecular formula is C10H14F3NOSn. The first-order chi connectivity index (χ1) is 7.16. The molecule has 0 atom stereocenters. The maximum atomic E-state index is 12.5. The van der Waals surface area contributed by atoms with Gasteiger partial charge in [0.2, 0.25) is 0 Å². The van der Waals surface area contributed by atoms with E-state index in [1.807, 2.05) is 14.8 Å². The topological polar surface area (TPSA) is 22.1 Å². The monoisotopic (exact) mass is 341 g/mol. The van der Waals surface area contributed by atoms with Crippen molar-refractivity contribution < 1.29 is 17.9 Å². The van der Waals surface area contributed by atoms with Gasteiger partial charge in [-0.2, -0.15) is 0 Å². The van der Waals surface area contributed by atoms with E-state index in [1.165, 1.54) is 13.3 Å². The van der Waals surface area contributed by atoms with E-state index in [9.17, 15) is 13.2 Å². The summed E-state index contributed by atoms with van der Waals surface area (Å²) in [5.41, 5.74) is -0.838. The summed E-state index contributed by atoms with van der Waals surface area (Å²) in [6.07, 6.45) is -3.22. The van der Waals surface area contributed by atoms with Crippen molar-refractivity contribution >= 4 is 22.0 Å². The first kappa shape index (κ1) is 13.6. The molecule has 2 nitrogen and oxygen atoms in total. The molecule has 1 heterocycles. The van der Waals surface area contributed by atoms with Crippen LogP contribution in [0.5, 0.6) is 5.75 Å². The number of ether oxygens (including phenoxy) is 1. The maximum absolute atomic E-state index is 12.5. The summed E-state index contributed by atoms with van der Waals surface area (Å²) < 4.78 is 43.3. The Kier molecular flexibility index (Phi) is 3.76. The van der Waals surface area contributed by atoms with Crippen molar-refractivity contribution in [3.05, 3.63) is 18.0 Å². The third-order valence-electron chi connectivity index (χ3n) is 2.19. The van der Waals surface area contributed by atoms with Gasteiger partial charge in [0.25, 0.3) is 0 Å². The van der Waals surface area contributed by atoms with E-state index in [-0.39, 0.29) is 0 Å². The van der Waals surface area contributed by atoms with E-state index < -0.39 is 30.2 Å². The fraction of sp³-hybridized carbons (Fsp3) is 0.500. The number of nitrogens with zero attached hydrogens (tertiary/aromatic N) is 1. The normalized spacial score (nSPS) is 12.7.